The van der Waals surface area contributed by atoms with E-state index in [0.717, 1.165) is 24.6 Å². The van der Waals surface area contributed by atoms with Gasteiger partial charge in [0.2, 0.25) is 5.89 Å². The summed E-state index contributed by atoms with van der Waals surface area (Å²) in [7, 11) is 0. The van der Waals surface area contributed by atoms with Gasteiger partial charge in [0.15, 0.2) is 5.69 Å². The van der Waals surface area contributed by atoms with E-state index in [1.54, 1.807) is 4.90 Å². The van der Waals surface area contributed by atoms with Crippen LogP contribution in [0.2, 0.25) is 0 Å². The zero-order valence-corrected chi connectivity index (χ0v) is 9.00. The maximum absolute atomic E-state index is 11.8. The number of hydrogen-bond acceptors (Lipinski definition) is 5. The minimum atomic E-state index is -0.275. The molecule has 1 aromatic rings. The van der Waals surface area contributed by atoms with Crippen LogP contribution in [0.25, 0.3) is 0 Å². The molecule has 6 heteroatoms. The molecule has 82 valence electrons. The molecule has 1 saturated heterocycles. The molecule has 1 aliphatic rings. The highest BCUT2D eigenvalue weighted by atomic mass is 32.2. The molecule has 2 rings (SSSR count). The molecule has 1 N–H and O–H groups in total. The largest absolute Gasteiger partial charge is 0.446 e. The van der Waals surface area contributed by atoms with Gasteiger partial charge in [-0.05, 0) is 0 Å². The van der Waals surface area contributed by atoms with Gasteiger partial charge >= 0.3 is 0 Å². The third-order valence-corrected chi connectivity index (χ3v) is 3.15. The lowest BCUT2D eigenvalue weighted by Crippen LogP contribution is -2.38. The fraction of sp³-hybridized carbons (Fsp3) is 0.556. The minimum absolute atomic E-state index is 0.112. The van der Waals surface area contributed by atoms with Crippen molar-refractivity contribution in [2.45, 2.75) is 6.61 Å². The Labute approximate surface area is 91.5 Å². The zero-order chi connectivity index (χ0) is 10.7. The van der Waals surface area contributed by atoms with Crippen LogP contribution < -0.4 is 0 Å². The molecule has 1 aliphatic heterocycles. The first-order chi connectivity index (χ1) is 7.31. The highest BCUT2D eigenvalue weighted by Gasteiger charge is 2.21. The van der Waals surface area contributed by atoms with Crippen LogP contribution in [-0.4, -0.2) is 45.5 Å². The fourth-order valence-corrected chi connectivity index (χ4v) is 2.31. The lowest BCUT2D eigenvalue weighted by Gasteiger charge is -2.25. The standard InChI is InChI=1S/C9H12N2O3S/c12-5-8-10-7(6-14-8)9(13)11-1-3-15-4-2-11/h6,12H,1-5H2. The number of thioether (sulfide) groups is 1. The van der Waals surface area contributed by atoms with Gasteiger partial charge in [-0.2, -0.15) is 11.8 Å². The molecule has 0 unspecified atom stereocenters. The Kier molecular flexibility index (Phi) is 3.27. The van der Waals surface area contributed by atoms with Crippen LogP contribution in [0.3, 0.4) is 0 Å². The van der Waals surface area contributed by atoms with Gasteiger partial charge in [-0.25, -0.2) is 4.98 Å². The van der Waals surface area contributed by atoms with Gasteiger partial charge in [-0.1, -0.05) is 0 Å². The Morgan fingerprint density at radius 1 is 1.60 bits per heavy atom. The summed E-state index contributed by atoms with van der Waals surface area (Å²) in [6.07, 6.45) is 1.30. The van der Waals surface area contributed by atoms with E-state index in [9.17, 15) is 4.79 Å². The van der Waals surface area contributed by atoms with Crippen molar-refractivity contribution in [3.05, 3.63) is 17.8 Å². The van der Waals surface area contributed by atoms with Crippen molar-refractivity contribution >= 4 is 17.7 Å². The summed E-state index contributed by atoms with van der Waals surface area (Å²) in [6.45, 7) is 1.23. The van der Waals surface area contributed by atoms with Crippen molar-refractivity contribution in [1.29, 1.82) is 0 Å². The Bertz CT molecular complexity index is 347. The summed E-state index contributed by atoms with van der Waals surface area (Å²) in [5.74, 6) is 2.01. The molecule has 0 bridgehead atoms. The van der Waals surface area contributed by atoms with Crippen LogP contribution in [-0.2, 0) is 6.61 Å². The van der Waals surface area contributed by atoms with Crippen LogP contribution in [0.4, 0.5) is 0 Å². The number of rotatable bonds is 2. The van der Waals surface area contributed by atoms with Gasteiger partial charge in [0.1, 0.15) is 12.9 Å². The summed E-state index contributed by atoms with van der Waals surface area (Å²) >= 11 is 1.84. The van der Waals surface area contributed by atoms with Crippen molar-refractivity contribution in [2.75, 3.05) is 24.6 Å². The zero-order valence-electron chi connectivity index (χ0n) is 8.18. The van der Waals surface area contributed by atoms with Gasteiger partial charge in [-0.15, -0.1) is 0 Å². The smallest absolute Gasteiger partial charge is 0.275 e. The average molecular weight is 228 g/mol. The normalized spacial score (nSPS) is 16.7. The van der Waals surface area contributed by atoms with E-state index in [1.807, 2.05) is 11.8 Å². The van der Waals surface area contributed by atoms with Gasteiger partial charge in [0.05, 0.1) is 0 Å². The molecule has 0 aromatic carbocycles. The molecule has 1 aromatic heterocycles. The number of aliphatic hydroxyl groups is 1. The Morgan fingerprint density at radius 2 is 2.33 bits per heavy atom. The molecule has 0 saturated carbocycles. The van der Waals surface area contributed by atoms with Crippen molar-refractivity contribution in [1.82, 2.24) is 9.88 Å². The van der Waals surface area contributed by atoms with E-state index in [-0.39, 0.29) is 24.1 Å². The molecule has 1 amide bonds. The summed E-state index contributed by atoms with van der Waals surface area (Å²) in [4.78, 5) is 17.5. The predicted octanol–water partition coefficient (Wildman–Crippen LogP) is 0.356. The monoisotopic (exact) mass is 228 g/mol. The summed E-state index contributed by atoms with van der Waals surface area (Å²) in [5, 5.41) is 8.76. The third kappa shape index (κ3) is 2.32. The molecule has 2 heterocycles. The molecule has 5 nitrogen and oxygen atoms in total. The van der Waals surface area contributed by atoms with Crippen LogP contribution in [0.15, 0.2) is 10.7 Å². The lowest BCUT2D eigenvalue weighted by atomic mass is 10.4. The molecule has 15 heavy (non-hydrogen) atoms. The second-order valence-electron chi connectivity index (χ2n) is 3.19. The van der Waals surface area contributed by atoms with Crippen LogP contribution in [0.5, 0.6) is 0 Å². The van der Waals surface area contributed by atoms with E-state index in [1.165, 1.54) is 6.26 Å². The number of oxazole rings is 1. The maximum Gasteiger partial charge on any atom is 0.275 e. The molecular formula is C9H12N2O3S. The van der Waals surface area contributed by atoms with Crippen molar-refractivity contribution in [3.8, 4) is 0 Å². The number of carbonyl (C=O) groups excluding carboxylic acids is 1. The van der Waals surface area contributed by atoms with Gasteiger partial charge in [0, 0.05) is 24.6 Å². The second-order valence-corrected chi connectivity index (χ2v) is 4.41. The topological polar surface area (TPSA) is 66.6 Å². The van der Waals surface area contributed by atoms with Crippen molar-refractivity contribution in [3.63, 3.8) is 0 Å². The number of nitrogens with zero attached hydrogens (tertiary/aromatic N) is 2. The van der Waals surface area contributed by atoms with E-state index in [0.29, 0.717) is 0 Å². The number of carbonyl (C=O) groups is 1. The summed E-state index contributed by atoms with van der Waals surface area (Å²) < 4.78 is 4.91. The van der Waals surface area contributed by atoms with Gasteiger partial charge in [0.25, 0.3) is 5.91 Å². The molecule has 0 aliphatic carbocycles. The average Bonchev–Trinajstić information content (AvgIpc) is 2.78. The van der Waals surface area contributed by atoms with Crippen molar-refractivity contribution in [2.24, 2.45) is 0 Å². The Balaban J connectivity index is 2.05. The van der Waals surface area contributed by atoms with E-state index in [4.69, 9.17) is 9.52 Å². The third-order valence-electron chi connectivity index (χ3n) is 2.20. The predicted molar refractivity (Wildman–Crippen MR) is 55.7 cm³/mol. The number of hydrogen-bond donors (Lipinski definition) is 1. The van der Waals surface area contributed by atoms with Gasteiger partial charge in [-0.3, -0.25) is 4.79 Å². The highest BCUT2D eigenvalue weighted by molar-refractivity contribution is 7.99. The number of amides is 1. The van der Waals surface area contributed by atoms with Crippen LogP contribution >= 0.6 is 11.8 Å². The Hall–Kier alpha value is -1.01. The quantitative estimate of drug-likeness (QED) is 0.791. The highest BCUT2D eigenvalue weighted by Crippen LogP contribution is 2.12. The first kappa shape index (κ1) is 10.5. The van der Waals surface area contributed by atoms with E-state index in [2.05, 4.69) is 4.98 Å². The summed E-state index contributed by atoms with van der Waals surface area (Å²) in [6, 6.07) is 0. The van der Waals surface area contributed by atoms with Crippen LogP contribution in [0.1, 0.15) is 16.4 Å². The number of aliphatic hydroxyl groups excluding tert-OH is 1. The fourth-order valence-electron chi connectivity index (χ4n) is 1.41. The minimum Gasteiger partial charge on any atom is -0.446 e. The van der Waals surface area contributed by atoms with E-state index >= 15 is 0 Å². The molecule has 0 atom stereocenters. The molecule has 0 radical (unpaired) electrons. The second kappa shape index (κ2) is 4.67. The SMILES string of the molecule is O=C(c1coc(CO)n1)N1CCSCC1. The maximum atomic E-state index is 11.8. The first-order valence-electron chi connectivity index (χ1n) is 4.73. The van der Waals surface area contributed by atoms with Crippen LogP contribution in [0, 0.1) is 0 Å². The molecular weight excluding hydrogens is 216 g/mol. The summed E-state index contributed by atoms with van der Waals surface area (Å²) in [5.41, 5.74) is 0.283. The number of aromatic nitrogens is 1. The molecule has 1 fully saturated rings. The van der Waals surface area contributed by atoms with Gasteiger partial charge < -0.3 is 14.4 Å². The Morgan fingerprint density at radius 3 is 2.93 bits per heavy atom. The molecule has 0 spiro atoms. The lowest BCUT2D eigenvalue weighted by molar-refractivity contribution is 0.0766. The first-order valence-corrected chi connectivity index (χ1v) is 5.89. The van der Waals surface area contributed by atoms with Crippen molar-refractivity contribution < 1.29 is 14.3 Å². The van der Waals surface area contributed by atoms with E-state index < -0.39 is 0 Å².